The SMILES string of the molecule is Cc1c(Cl)nc(-c2ccccn2)nc1NCCC1(N)CCC1. The fourth-order valence-electron chi connectivity index (χ4n) is 2.58. The molecule has 3 N–H and O–H groups in total. The summed E-state index contributed by atoms with van der Waals surface area (Å²) in [6, 6.07) is 5.63. The molecule has 0 saturated heterocycles. The monoisotopic (exact) mass is 317 g/mol. The van der Waals surface area contributed by atoms with Crippen LogP contribution in [0.4, 0.5) is 5.82 Å². The van der Waals surface area contributed by atoms with Gasteiger partial charge >= 0.3 is 0 Å². The molecule has 0 aromatic carbocycles. The van der Waals surface area contributed by atoms with Crippen LogP contribution in [0.1, 0.15) is 31.2 Å². The lowest BCUT2D eigenvalue weighted by Crippen LogP contribution is -2.47. The van der Waals surface area contributed by atoms with Crippen molar-refractivity contribution >= 4 is 17.4 Å². The van der Waals surface area contributed by atoms with Gasteiger partial charge in [-0.1, -0.05) is 17.7 Å². The molecule has 116 valence electrons. The predicted octanol–water partition coefficient (Wildman–Crippen LogP) is 3.18. The highest BCUT2D eigenvalue weighted by atomic mass is 35.5. The smallest absolute Gasteiger partial charge is 0.181 e. The van der Waals surface area contributed by atoms with Crippen molar-refractivity contribution in [1.29, 1.82) is 0 Å². The van der Waals surface area contributed by atoms with Crippen LogP contribution in [0, 0.1) is 6.92 Å². The van der Waals surface area contributed by atoms with E-state index in [1.807, 2.05) is 25.1 Å². The summed E-state index contributed by atoms with van der Waals surface area (Å²) < 4.78 is 0. The van der Waals surface area contributed by atoms with Gasteiger partial charge in [0, 0.05) is 23.8 Å². The second-order valence-corrected chi connectivity index (χ2v) is 6.28. The maximum Gasteiger partial charge on any atom is 0.181 e. The number of pyridine rings is 1. The molecule has 1 aliphatic rings. The molecule has 1 fully saturated rings. The Morgan fingerprint density at radius 3 is 2.77 bits per heavy atom. The van der Waals surface area contributed by atoms with Crippen molar-refractivity contribution in [1.82, 2.24) is 15.0 Å². The number of nitrogens with one attached hydrogen (secondary N) is 1. The lowest BCUT2D eigenvalue weighted by atomic mass is 9.75. The average molecular weight is 318 g/mol. The van der Waals surface area contributed by atoms with Crippen LogP contribution >= 0.6 is 11.6 Å². The Kier molecular flexibility index (Phi) is 4.27. The Balaban J connectivity index is 1.76. The molecule has 3 rings (SSSR count). The van der Waals surface area contributed by atoms with Crippen LogP contribution in [0.2, 0.25) is 5.15 Å². The molecule has 0 amide bonds. The van der Waals surface area contributed by atoms with Gasteiger partial charge < -0.3 is 11.1 Å². The van der Waals surface area contributed by atoms with Gasteiger partial charge in [0.15, 0.2) is 5.82 Å². The van der Waals surface area contributed by atoms with E-state index >= 15 is 0 Å². The summed E-state index contributed by atoms with van der Waals surface area (Å²) in [5.74, 6) is 1.29. The van der Waals surface area contributed by atoms with Gasteiger partial charge in [0.2, 0.25) is 0 Å². The van der Waals surface area contributed by atoms with Gasteiger partial charge in [0.1, 0.15) is 16.7 Å². The number of aromatic nitrogens is 3. The standard InChI is InChI=1S/C16H20ClN5/c1-11-13(17)21-15(12-5-2-3-9-19-12)22-14(11)20-10-8-16(18)6-4-7-16/h2-3,5,9H,4,6-8,10,18H2,1H3,(H,20,21,22). The maximum absolute atomic E-state index is 6.25. The van der Waals surface area contributed by atoms with E-state index in [-0.39, 0.29) is 5.54 Å². The Labute approximate surface area is 135 Å². The van der Waals surface area contributed by atoms with Crippen molar-refractivity contribution in [3.63, 3.8) is 0 Å². The van der Waals surface area contributed by atoms with Gasteiger partial charge in [0.25, 0.3) is 0 Å². The van der Waals surface area contributed by atoms with Crippen LogP contribution in [-0.4, -0.2) is 27.0 Å². The Morgan fingerprint density at radius 1 is 1.32 bits per heavy atom. The van der Waals surface area contributed by atoms with E-state index in [0.29, 0.717) is 16.7 Å². The third-order valence-corrected chi connectivity index (χ3v) is 4.61. The molecule has 2 aromatic rings. The summed E-state index contributed by atoms with van der Waals surface area (Å²) in [6.45, 7) is 2.70. The fraction of sp³-hybridized carbons (Fsp3) is 0.438. The van der Waals surface area contributed by atoms with Gasteiger partial charge in [-0.15, -0.1) is 0 Å². The zero-order chi connectivity index (χ0) is 15.6. The van der Waals surface area contributed by atoms with Crippen molar-refractivity contribution in [3.8, 4) is 11.5 Å². The zero-order valence-electron chi connectivity index (χ0n) is 12.6. The second-order valence-electron chi connectivity index (χ2n) is 5.92. The quantitative estimate of drug-likeness (QED) is 0.828. The number of halogens is 1. The first kappa shape index (κ1) is 15.2. The van der Waals surface area contributed by atoms with Gasteiger partial charge in [-0.25, -0.2) is 9.97 Å². The van der Waals surface area contributed by atoms with Crippen LogP contribution < -0.4 is 11.1 Å². The molecule has 0 spiro atoms. The van der Waals surface area contributed by atoms with E-state index in [1.165, 1.54) is 6.42 Å². The summed E-state index contributed by atoms with van der Waals surface area (Å²) in [4.78, 5) is 13.1. The second kappa shape index (κ2) is 6.18. The Hall–Kier alpha value is -1.72. The molecule has 1 saturated carbocycles. The topological polar surface area (TPSA) is 76.7 Å². The summed E-state index contributed by atoms with van der Waals surface area (Å²) in [5, 5.41) is 3.79. The minimum absolute atomic E-state index is 0.00153. The van der Waals surface area contributed by atoms with E-state index in [4.69, 9.17) is 17.3 Å². The molecule has 2 heterocycles. The number of nitrogens with two attached hydrogens (primary N) is 1. The van der Waals surface area contributed by atoms with Crippen LogP contribution in [0.5, 0.6) is 0 Å². The fourth-order valence-corrected chi connectivity index (χ4v) is 2.75. The first-order valence-electron chi connectivity index (χ1n) is 7.56. The van der Waals surface area contributed by atoms with E-state index in [9.17, 15) is 0 Å². The number of nitrogens with zero attached hydrogens (tertiary/aromatic N) is 3. The number of hydrogen-bond donors (Lipinski definition) is 2. The van der Waals surface area contributed by atoms with E-state index < -0.39 is 0 Å². The molecule has 0 radical (unpaired) electrons. The van der Waals surface area contributed by atoms with Crippen LogP contribution in [0.3, 0.4) is 0 Å². The highest BCUT2D eigenvalue weighted by molar-refractivity contribution is 6.30. The number of rotatable bonds is 5. The lowest BCUT2D eigenvalue weighted by molar-refractivity contribution is 0.237. The third kappa shape index (κ3) is 3.20. The van der Waals surface area contributed by atoms with Crippen LogP contribution in [0.15, 0.2) is 24.4 Å². The molecule has 0 atom stereocenters. The first-order valence-corrected chi connectivity index (χ1v) is 7.93. The number of anilines is 1. The summed E-state index contributed by atoms with van der Waals surface area (Å²) in [5.41, 5.74) is 7.81. The third-order valence-electron chi connectivity index (χ3n) is 4.25. The normalized spacial score (nSPS) is 16.1. The predicted molar refractivity (Wildman–Crippen MR) is 88.9 cm³/mol. The van der Waals surface area contributed by atoms with E-state index in [2.05, 4.69) is 20.3 Å². The minimum Gasteiger partial charge on any atom is -0.370 e. The average Bonchev–Trinajstić information content (AvgIpc) is 2.50. The summed E-state index contributed by atoms with van der Waals surface area (Å²) in [6.07, 6.45) is 6.11. The highest BCUT2D eigenvalue weighted by Crippen LogP contribution is 2.32. The van der Waals surface area contributed by atoms with Crippen LogP contribution in [0.25, 0.3) is 11.5 Å². The first-order chi connectivity index (χ1) is 10.6. The van der Waals surface area contributed by atoms with Crippen molar-refractivity contribution in [2.45, 2.75) is 38.1 Å². The number of hydrogen-bond acceptors (Lipinski definition) is 5. The van der Waals surface area contributed by atoms with Crippen molar-refractivity contribution in [2.24, 2.45) is 5.73 Å². The molecule has 5 nitrogen and oxygen atoms in total. The van der Waals surface area contributed by atoms with Crippen molar-refractivity contribution in [2.75, 3.05) is 11.9 Å². The summed E-state index contributed by atoms with van der Waals surface area (Å²) in [7, 11) is 0. The maximum atomic E-state index is 6.25. The van der Waals surface area contributed by atoms with Gasteiger partial charge in [-0.2, -0.15) is 0 Å². The zero-order valence-corrected chi connectivity index (χ0v) is 13.4. The molecule has 0 aliphatic heterocycles. The van der Waals surface area contributed by atoms with Crippen molar-refractivity contribution < 1.29 is 0 Å². The molecular formula is C16H20ClN5. The van der Waals surface area contributed by atoms with E-state index in [0.717, 1.165) is 37.2 Å². The molecule has 2 aromatic heterocycles. The minimum atomic E-state index is 0.00153. The summed E-state index contributed by atoms with van der Waals surface area (Å²) >= 11 is 6.23. The van der Waals surface area contributed by atoms with Gasteiger partial charge in [0.05, 0.1) is 0 Å². The highest BCUT2D eigenvalue weighted by Gasteiger charge is 2.31. The largest absolute Gasteiger partial charge is 0.370 e. The van der Waals surface area contributed by atoms with Gasteiger partial charge in [-0.3, -0.25) is 4.98 Å². The van der Waals surface area contributed by atoms with Crippen LogP contribution in [-0.2, 0) is 0 Å². The molecule has 0 unspecified atom stereocenters. The molecule has 6 heteroatoms. The Morgan fingerprint density at radius 2 is 2.14 bits per heavy atom. The molecule has 1 aliphatic carbocycles. The molecule has 0 bridgehead atoms. The van der Waals surface area contributed by atoms with Gasteiger partial charge in [-0.05, 0) is 44.7 Å². The van der Waals surface area contributed by atoms with E-state index in [1.54, 1.807) is 6.20 Å². The lowest BCUT2D eigenvalue weighted by Gasteiger charge is -2.38. The Bertz CT molecular complexity index is 655. The van der Waals surface area contributed by atoms with Crippen molar-refractivity contribution in [3.05, 3.63) is 35.1 Å². The molecular weight excluding hydrogens is 298 g/mol. The molecule has 22 heavy (non-hydrogen) atoms.